The Balaban J connectivity index is 1.52. The summed E-state index contributed by atoms with van der Waals surface area (Å²) in [6, 6.07) is 10.6. The Labute approximate surface area is 137 Å². The molecule has 2 aliphatic rings. The maximum Gasteiger partial charge on any atom is 0.410 e. The molecule has 5 heteroatoms. The Hall–Kier alpha value is -1.59. The van der Waals surface area contributed by atoms with E-state index in [9.17, 15) is 9.90 Å². The molecule has 1 N–H and O–H groups in total. The molecule has 1 saturated heterocycles. The zero-order valence-electron chi connectivity index (χ0n) is 13.6. The number of aliphatic hydroxyl groups excluding tert-OH is 1. The summed E-state index contributed by atoms with van der Waals surface area (Å²) in [5.41, 5.74) is 1.01. The molecule has 2 fully saturated rings. The van der Waals surface area contributed by atoms with Crippen LogP contribution < -0.4 is 0 Å². The predicted octanol–water partition coefficient (Wildman–Crippen LogP) is 2.24. The van der Waals surface area contributed by atoms with Crippen molar-refractivity contribution in [1.82, 2.24) is 9.80 Å². The van der Waals surface area contributed by atoms with Gasteiger partial charge in [-0.1, -0.05) is 30.3 Å². The number of carbonyl (C=O) groups excluding carboxylic acids is 1. The fourth-order valence-electron chi connectivity index (χ4n) is 3.33. The van der Waals surface area contributed by atoms with Crippen molar-refractivity contribution in [2.24, 2.45) is 0 Å². The normalized spacial score (nSPS) is 21.0. The molecule has 1 saturated carbocycles. The van der Waals surface area contributed by atoms with E-state index in [1.54, 1.807) is 0 Å². The van der Waals surface area contributed by atoms with E-state index in [1.165, 1.54) is 12.8 Å². The predicted molar refractivity (Wildman–Crippen MR) is 88.0 cm³/mol. The molecule has 1 atom stereocenters. The lowest BCUT2D eigenvalue weighted by atomic mass is 10.2. The van der Waals surface area contributed by atoms with Gasteiger partial charge in [0.25, 0.3) is 0 Å². The summed E-state index contributed by atoms with van der Waals surface area (Å²) in [6.45, 7) is 2.84. The van der Waals surface area contributed by atoms with E-state index < -0.39 is 0 Å². The minimum atomic E-state index is -0.212. The van der Waals surface area contributed by atoms with Gasteiger partial charge in [0.1, 0.15) is 6.61 Å². The lowest BCUT2D eigenvalue weighted by Crippen LogP contribution is -2.45. The van der Waals surface area contributed by atoms with Crippen LogP contribution in [0.15, 0.2) is 30.3 Å². The van der Waals surface area contributed by atoms with E-state index in [0.717, 1.165) is 31.5 Å². The van der Waals surface area contributed by atoms with E-state index in [-0.39, 0.29) is 18.7 Å². The Bertz CT molecular complexity index is 504. The molecule has 126 valence electrons. The smallest absolute Gasteiger partial charge is 0.410 e. The van der Waals surface area contributed by atoms with Crippen LogP contribution in [-0.4, -0.2) is 59.3 Å². The summed E-state index contributed by atoms with van der Waals surface area (Å²) >= 11 is 0. The second-order valence-electron chi connectivity index (χ2n) is 6.48. The molecule has 0 unspecified atom stereocenters. The Morgan fingerprint density at radius 2 is 2.04 bits per heavy atom. The van der Waals surface area contributed by atoms with Gasteiger partial charge in [-0.05, 0) is 31.2 Å². The zero-order chi connectivity index (χ0) is 16.1. The maximum absolute atomic E-state index is 12.4. The van der Waals surface area contributed by atoms with Gasteiger partial charge in [-0.15, -0.1) is 0 Å². The number of nitrogens with zero attached hydrogens (tertiary/aromatic N) is 2. The maximum atomic E-state index is 12.4. The number of amides is 1. The molecular weight excluding hydrogens is 292 g/mol. The molecule has 1 amide bonds. The van der Waals surface area contributed by atoms with Crippen LogP contribution in [0.1, 0.15) is 31.2 Å². The van der Waals surface area contributed by atoms with Gasteiger partial charge >= 0.3 is 6.09 Å². The van der Waals surface area contributed by atoms with Crippen molar-refractivity contribution in [3.05, 3.63) is 35.9 Å². The highest BCUT2D eigenvalue weighted by Gasteiger charge is 2.35. The van der Waals surface area contributed by atoms with E-state index >= 15 is 0 Å². The van der Waals surface area contributed by atoms with Crippen molar-refractivity contribution in [1.29, 1.82) is 0 Å². The van der Waals surface area contributed by atoms with Crippen LogP contribution in [0.5, 0.6) is 0 Å². The van der Waals surface area contributed by atoms with Gasteiger partial charge < -0.3 is 14.7 Å². The summed E-state index contributed by atoms with van der Waals surface area (Å²) in [4.78, 5) is 16.6. The minimum absolute atomic E-state index is 0.182. The average Bonchev–Trinajstić information content (AvgIpc) is 3.32. The number of aliphatic hydroxyl groups is 1. The number of hydrogen-bond acceptors (Lipinski definition) is 4. The van der Waals surface area contributed by atoms with Gasteiger partial charge in [-0.25, -0.2) is 4.79 Å². The molecule has 1 aliphatic heterocycles. The molecule has 0 radical (unpaired) electrons. The van der Waals surface area contributed by atoms with Crippen molar-refractivity contribution < 1.29 is 14.6 Å². The third-order valence-electron chi connectivity index (χ3n) is 4.71. The van der Waals surface area contributed by atoms with Crippen LogP contribution >= 0.6 is 0 Å². The summed E-state index contributed by atoms with van der Waals surface area (Å²) in [5.74, 6) is 0. The van der Waals surface area contributed by atoms with Gasteiger partial charge in [0, 0.05) is 31.7 Å². The molecule has 1 aliphatic carbocycles. The van der Waals surface area contributed by atoms with Crippen molar-refractivity contribution in [3.63, 3.8) is 0 Å². The number of carbonyl (C=O) groups is 1. The second kappa shape index (κ2) is 7.79. The summed E-state index contributed by atoms with van der Waals surface area (Å²) < 4.78 is 5.48. The summed E-state index contributed by atoms with van der Waals surface area (Å²) in [6.07, 6.45) is 4.27. The third kappa shape index (κ3) is 4.45. The molecule has 3 rings (SSSR count). The SMILES string of the molecule is O=C(OCc1ccccc1)N1CCC[C@H]1CN(CCO)C1CC1. The van der Waals surface area contributed by atoms with Gasteiger partial charge in [0.05, 0.1) is 6.61 Å². The number of benzene rings is 1. The number of ether oxygens (including phenoxy) is 1. The molecule has 0 bridgehead atoms. The first-order valence-corrected chi connectivity index (χ1v) is 8.60. The van der Waals surface area contributed by atoms with E-state index in [2.05, 4.69) is 4.90 Å². The van der Waals surface area contributed by atoms with Crippen LogP contribution in [0.25, 0.3) is 0 Å². The van der Waals surface area contributed by atoms with Crippen molar-refractivity contribution >= 4 is 6.09 Å². The average molecular weight is 318 g/mol. The van der Waals surface area contributed by atoms with Gasteiger partial charge in [0.2, 0.25) is 0 Å². The zero-order valence-corrected chi connectivity index (χ0v) is 13.6. The number of rotatable bonds is 7. The van der Waals surface area contributed by atoms with Crippen LogP contribution in [0.3, 0.4) is 0 Å². The van der Waals surface area contributed by atoms with Gasteiger partial charge in [-0.3, -0.25) is 4.90 Å². The van der Waals surface area contributed by atoms with Gasteiger partial charge in [-0.2, -0.15) is 0 Å². The highest BCUT2D eigenvalue weighted by molar-refractivity contribution is 5.68. The van der Waals surface area contributed by atoms with E-state index in [1.807, 2.05) is 35.2 Å². The molecule has 1 aromatic rings. The van der Waals surface area contributed by atoms with Crippen LogP contribution in [0.4, 0.5) is 4.79 Å². The molecular formula is C18H26N2O3. The van der Waals surface area contributed by atoms with Crippen molar-refractivity contribution in [2.45, 2.75) is 44.4 Å². The largest absolute Gasteiger partial charge is 0.445 e. The highest BCUT2D eigenvalue weighted by atomic mass is 16.6. The van der Waals surface area contributed by atoms with Crippen molar-refractivity contribution in [3.8, 4) is 0 Å². The minimum Gasteiger partial charge on any atom is -0.445 e. The quantitative estimate of drug-likeness (QED) is 0.838. The first kappa shape index (κ1) is 16.3. The van der Waals surface area contributed by atoms with Crippen molar-refractivity contribution in [2.75, 3.05) is 26.2 Å². The van der Waals surface area contributed by atoms with E-state index in [4.69, 9.17) is 4.74 Å². The molecule has 1 heterocycles. The van der Waals surface area contributed by atoms with Crippen LogP contribution in [-0.2, 0) is 11.3 Å². The monoisotopic (exact) mass is 318 g/mol. The van der Waals surface area contributed by atoms with Gasteiger partial charge in [0.15, 0.2) is 0 Å². The lowest BCUT2D eigenvalue weighted by Gasteiger charge is -2.30. The Kier molecular flexibility index (Phi) is 5.51. The Morgan fingerprint density at radius 1 is 1.26 bits per heavy atom. The first-order chi connectivity index (χ1) is 11.3. The number of likely N-dealkylation sites (tertiary alicyclic amines) is 1. The molecule has 0 spiro atoms. The topological polar surface area (TPSA) is 53.0 Å². The standard InChI is InChI=1S/C18H26N2O3/c21-12-11-19(16-8-9-16)13-17-7-4-10-20(17)18(22)23-14-15-5-2-1-3-6-15/h1-3,5-6,16-17,21H,4,7-14H2/t17-/m0/s1. The van der Waals surface area contributed by atoms with Crippen LogP contribution in [0.2, 0.25) is 0 Å². The molecule has 5 nitrogen and oxygen atoms in total. The molecule has 0 aromatic heterocycles. The van der Waals surface area contributed by atoms with E-state index in [0.29, 0.717) is 19.2 Å². The summed E-state index contributed by atoms with van der Waals surface area (Å²) in [5, 5.41) is 9.23. The third-order valence-corrected chi connectivity index (χ3v) is 4.71. The van der Waals surface area contributed by atoms with Crippen LogP contribution in [0, 0.1) is 0 Å². The highest BCUT2D eigenvalue weighted by Crippen LogP contribution is 2.29. The fourth-order valence-corrected chi connectivity index (χ4v) is 3.33. The first-order valence-electron chi connectivity index (χ1n) is 8.60. The molecule has 1 aromatic carbocycles. The summed E-state index contributed by atoms with van der Waals surface area (Å²) in [7, 11) is 0. The number of hydrogen-bond donors (Lipinski definition) is 1. The second-order valence-corrected chi connectivity index (χ2v) is 6.48. The molecule has 23 heavy (non-hydrogen) atoms. The lowest BCUT2D eigenvalue weighted by molar-refractivity contribution is 0.0805. The fraction of sp³-hybridized carbons (Fsp3) is 0.611. The Morgan fingerprint density at radius 3 is 2.74 bits per heavy atom.